The summed E-state index contributed by atoms with van der Waals surface area (Å²) in [5.74, 6) is -0.493. The number of amides is 1. The predicted octanol–water partition coefficient (Wildman–Crippen LogP) is 1.36. The van der Waals surface area contributed by atoms with E-state index in [1.165, 1.54) is 25.1 Å². The van der Waals surface area contributed by atoms with Crippen molar-refractivity contribution in [2.24, 2.45) is 0 Å². The summed E-state index contributed by atoms with van der Waals surface area (Å²) in [5, 5.41) is -0.327. The summed E-state index contributed by atoms with van der Waals surface area (Å²) < 4.78 is 22.0. The molecule has 1 heterocycles. The second-order valence-corrected chi connectivity index (χ2v) is 6.04. The first-order chi connectivity index (χ1) is 7.23. The summed E-state index contributed by atoms with van der Waals surface area (Å²) in [6.45, 7) is 0. The number of carbonyl (C=O) groups is 1. The highest BCUT2D eigenvalue weighted by Crippen LogP contribution is 2.19. The van der Waals surface area contributed by atoms with Gasteiger partial charge in [-0.1, -0.05) is 11.6 Å². The van der Waals surface area contributed by atoms with Crippen LogP contribution in [0.3, 0.4) is 0 Å². The van der Waals surface area contributed by atoms with Crippen LogP contribution >= 0.6 is 22.3 Å². The topological polar surface area (TPSA) is 67.3 Å². The summed E-state index contributed by atoms with van der Waals surface area (Å²) in [4.78, 5) is 16.4. The first-order valence-electron chi connectivity index (χ1n) is 4.06. The summed E-state index contributed by atoms with van der Waals surface area (Å²) in [6.07, 6.45) is 0. The maximum absolute atomic E-state index is 11.6. The first kappa shape index (κ1) is 13.2. The molecule has 0 atom stereocenters. The van der Waals surface area contributed by atoms with Crippen molar-refractivity contribution in [3.8, 4) is 0 Å². The molecule has 0 N–H and O–H groups in total. The Kier molecular flexibility index (Phi) is 3.77. The third-order valence-electron chi connectivity index (χ3n) is 1.68. The highest BCUT2D eigenvalue weighted by Gasteiger charge is 2.19. The van der Waals surface area contributed by atoms with Crippen LogP contribution in [0.5, 0.6) is 0 Å². The van der Waals surface area contributed by atoms with Gasteiger partial charge in [-0.2, -0.15) is 0 Å². The van der Waals surface area contributed by atoms with E-state index >= 15 is 0 Å². The minimum atomic E-state index is -3.97. The molecular formula is C8H8Cl2N2O3S. The number of hydrogen-bond donors (Lipinski definition) is 0. The number of aromatic nitrogens is 1. The van der Waals surface area contributed by atoms with Crippen LogP contribution in [-0.2, 0) is 9.05 Å². The molecule has 1 aromatic rings. The van der Waals surface area contributed by atoms with Gasteiger partial charge in [0, 0.05) is 24.8 Å². The molecule has 0 aliphatic carbocycles. The highest BCUT2D eigenvalue weighted by atomic mass is 35.7. The van der Waals surface area contributed by atoms with Crippen LogP contribution in [0, 0.1) is 0 Å². The Labute approximate surface area is 102 Å². The zero-order valence-corrected chi connectivity index (χ0v) is 10.8. The maximum atomic E-state index is 11.6. The van der Waals surface area contributed by atoms with E-state index in [1.54, 1.807) is 0 Å². The van der Waals surface area contributed by atoms with Gasteiger partial charge in [0.25, 0.3) is 15.0 Å². The summed E-state index contributed by atoms with van der Waals surface area (Å²) in [7, 11) is 4.14. The van der Waals surface area contributed by atoms with Crippen molar-refractivity contribution in [3.05, 3.63) is 22.8 Å². The SMILES string of the molecule is CN(C)C(=O)c1nc(S(=O)(=O)Cl)ccc1Cl. The molecule has 0 unspecified atom stereocenters. The van der Waals surface area contributed by atoms with Crippen molar-refractivity contribution in [1.82, 2.24) is 9.88 Å². The van der Waals surface area contributed by atoms with Crippen molar-refractivity contribution < 1.29 is 13.2 Å². The molecule has 8 heteroatoms. The number of hydrogen-bond acceptors (Lipinski definition) is 4. The number of carbonyl (C=O) groups excluding carboxylic acids is 1. The van der Waals surface area contributed by atoms with E-state index in [2.05, 4.69) is 4.98 Å². The van der Waals surface area contributed by atoms with Gasteiger partial charge in [0.05, 0.1) is 5.02 Å². The molecule has 1 rings (SSSR count). The second kappa shape index (κ2) is 4.57. The molecule has 0 radical (unpaired) electrons. The predicted molar refractivity (Wildman–Crippen MR) is 60.3 cm³/mol. The molecule has 0 fully saturated rings. The van der Waals surface area contributed by atoms with Crippen LogP contribution in [0.2, 0.25) is 5.02 Å². The fourth-order valence-corrected chi connectivity index (χ4v) is 1.80. The zero-order chi connectivity index (χ0) is 12.5. The molecule has 1 aromatic heterocycles. The van der Waals surface area contributed by atoms with Crippen LogP contribution in [0.4, 0.5) is 0 Å². The van der Waals surface area contributed by atoms with Gasteiger partial charge in [0.1, 0.15) is 5.69 Å². The van der Waals surface area contributed by atoms with Crippen molar-refractivity contribution in [3.63, 3.8) is 0 Å². The zero-order valence-electron chi connectivity index (χ0n) is 8.44. The number of rotatable bonds is 2. The summed E-state index contributed by atoms with van der Waals surface area (Å²) in [5.41, 5.74) is -0.145. The lowest BCUT2D eigenvalue weighted by molar-refractivity contribution is 0.0821. The van der Waals surface area contributed by atoms with Crippen molar-refractivity contribution in [2.45, 2.75) is 5.03 Å². The fourth-order valence-electron chi connectivity index (χ4n) is 0.922. The van der Waals surface area contributed by atoms with Crippen LogP contribution in [0.1, 0.15) is 10.5 Å². The Morgan fingerprint density at radius 2 is 1.94 bits per heavy atom. The number of nitrogens with zero attached hydrogens (tertiary/aromatic N) is 2. The standard InChI is InChI=1S/C8H8Cl2N2O3S/c1-12(2)8(13)7-5(9)3-4-6(11-7)16(10,14)15/h3-4H,1-2H3. The number of halogens is 2. The molecule has 88 valence electrons. The minimum absolute atomic E-state index is 0.0720. The molecular weight excluding hydrogens is 275 g/mol. The lowest BCUT2D eigenvalue weighted by atomic mass is 10.3. The van der Waals surface area contributed by atoms with Crippen LogP contribution < -0.4 is 0 Å². The molecule has 1 amide bonds. The molecule has 0 aliphatic heterocycles. The van der Waals surface area contributed by atoms with E-state index in [9.17, 15) is 13.2 Å². The molecule has 5 nitrogen and oxygen atoms in total. The van der Waals surface area contributed by atoms with E-state index in [0.29, 0.717) is 0 Å². The van der Waals surface area contributed by atoms with E-state index < -0.39 is 20.0 Å². The van der Waals surface area contributed by atoms with Gasteiger partial charge in [-0.3, -0.25) is 4.79 Å². The molecule has 0 saturated heterocycles. The second-order valence-electron chi connectivity index (χ2n) is 3.12. The van der Waals surface area contributed by atoms with Crippen LogP contribution in [-0.4, -0.2) is 38.3 Å². The summed E-state index contributed by atoms with van der Waals surface area (Å²) in [6, 6.07) is 2.40. The Bertz CT molecular complexity index is 528. The Hall–Kier alpha value is -0.850. The van der Waals surface area contributed by atoms with Crippen LogP contribution in [0.25, 0.3) is 0 Å². The van der Waals surface area contributed by atoms with Gasteiger partial charge in [-0.05, 0) is 12.1 Å². The van der Waals surface area contributed by atoms with Gasteiger partial charge in [-0.25, -0.2) is 13.4 Å². The van der Waals surface area contributed by atoms with Crippen molar-refractivity contribution in [1.29, 1.82) is 0 Å². The van der Waals surface area contributed by atoms with E-state index in [1.807, 2.05) is 0 Å². The molecule has 0 aromatic carbocycles. The quantitative estimate of drug-likeness (QED) is 0.769. The molecule has 0 bridgehead atoms. The third kappa shape index (κ3) is 2.84. The van der Waals surface area contributed by atoms with Gasteiger partial charge >= 0.3 is 0 Å². The normalized spacial score (nSPS) is 11.2. The monoisotopic (exact) mass is 282 g/mol. The number of pyridine rings is 1. The molecule has 0 saturated carbocycles. The smallest absolute Gasteiger partial charge is 0.278 e. The largest absolute Gasteiger partial charge is 0.343 e. The first-order valence-corrected chi connectivity index (χ1v) is 6.75. The lowest BCUT2D eigenvalue weighted by Crippen LogP contribution is -2.23. The Morgan fingerprint density at radius 3 is 2.38 bits per heavy atom. The van der Waals surface area contributed by atoms with E-state index in [4.69, 9.17) is 22.3 Å². The summed E-state index contributed by atoms with van der Waals surface area (Å²) >= 11 is 5.74. The average Bonchev–Trinajstić information content (AvgIpc) is 2.15. The Balaban J connectivity index is 3.36. The molecule has 0 aliphatic rings. The van der Waals surface area contributed by atoms with E-state index in [-0.39, 0.29) is 10.7 Å². The highest BCUT2D eigenvalue weighted by molar-refractivity contribution is 8.13. The van der Waals surface area contributed by atoms with Gasteiger partial charge in [0.2, 0.25) is 0 Å². The molecule has 0 spiro atoms. The van der Waals surface area contributed by atoms with Gasteiger partial charge in [0.15, 0.2) is 5.03 Å². The lowest BCUT2D eigenvalue weighted by Gasteiger charge is -2.10. The van der Waals surface area contributed by atoms with E-state index in [0.717, 1.165) is 6.07 Å². The van der Waals surface area contributed by atoms with Gasteiger partial charge in [-0.15, -0.1) is 0 Å². The van der Waals surface area contributed by atoms with Crippen LogP contribution in [0.15, 0.2) is 17.2 Å². The van der Waals surface area contributed by atoms with Crippen molar-refractivity contribution in [2.75, 3.05) is 14.1 Å². The maximum Gasteiger partial charge on any atom is 0.278 e. The third-order valence-corrected chi connectivity index (χ3v) is 3.19. The minimum Gasteiger partial charge on any atom is -0.343 e. The average molecular weight is 283 g/mol. The Morgan fingerprint density at radius 1 is 1.38 bits per heavy atom. The molecule has 16 heavy (non-hydrogen) atoms. The van der Waals surface area contributed by atoms with Crippen molar-refractivity contribution >= 4 is 37.2 Å². The van der Waals surface area contributed by atoms with Gasteiger partial charge < -0.3 is 4.90 Å². The fraction of sp³-hybridized carbons (Fsp3) is 0.250.